The number of pyridine rings is 1. The zero-order valence-electron chi connectivity index (χ0n) is 16.4. The van der Waals surface area contributed by atoms with Crippen LogP contribution in [0.4, 0.5) is 0 Å². The van der Waals surface area contributed by atoms with Gasteiger partial charge in [0.25, 0.3) is 0 Å². The van der Waals surface area contributed by atoms with Crippen LogP contribution < -0.4 is 0 Å². The van der Waals surface area contributed by atoms with Gasteiger partial charge in [0, 0.05) is 35.7 Å². The Kier molecular flexibility index (Phi) is 5.99. The molecule has 4 rings (SSSR count). The van der Waals surface area contributed by atoms with Crippen molar-refractivity contribution in [3.63, 3.8) is 0 Å². The lowest BCUT2D eigenvalue weighted by Crippen LogP contribution is -2.23. The van der Waals surface area contributed by atoms with E-state index in [-0.39, 0.29) is 25.7 Å². The number of fused-ring (bicyclic) bond motifs is 1. The molecule has 3 aromatic rings. The van der Waals surface area contributed by atoms with Gasteiger partial charge in [-0.3, -0.25) is 9.78 Å². The van der Waals surface area contributed by atoms with E-state index in [2.05, 4.69) is 41.4 Å². The normalized spacial score (nSPS) is 15.5. The minimum absolute atomic E-state index is 0. The Morgan fingerprint density at radius 3 is 2.52 bits per heavy atom. The van der Waals surface area contributed by atoms with Crippen molar-refractivity contribution in [1.82, 2.24) is 4.98 Å². The molecular formula is C26H29NO2. The van der Waals surface area contributed by atoms with Crippen LogP contribution >= 0.6 is 0 Å². The molecule has 1 heterocycles. The molecule has 29 heavy (non-hydrogen) atoms. The summed E-state index contributed by atoms with van der Waals surface area (Å²) in [7, 11) is 0. The first-order valence-corrected chi connectivity index (χ1v) is 9.76. The van der Waals surface area contributed by atoms with Gasteiger partial charge in [0.2, 0.25) is 0 Å². The largest absolute Gasteiger partial charge is 0.396 e. The molecule has 0 spiro atoms. The third-order valence-corrected chi connectivity index (χ3v) is 5.93. The average molecular weight is 388 g/mol. The van der Waals surface area contributed by atoms with Gasteiger partial charge in [0.05, 0.1) is 6.61 Å². The van der Waals surface area contributed by atoms with Crippen LogP contribution in [0.25, 0.3) is 11.1 Å². The van der Waals surface area contributed by atoms with Gasteiger partial charge < -0.3 is 5.11 Å². The molecule has 1 aromatic heterocycles. The fraction of sp³-hybridized carbons (Fsp3) is 0.308. The highest BCUT2D eigenvalue weighted by atomic mass is 16.3. The number of aromatic nitrogens is 1. The second-order valence-electron chi connectivity index (χ2n) is 8.17. The number of aliphatic hydroxyl groups is 1. The van der Waals surface area contributed by atoms with E-state index in [0.29, 0.717) is 6.42 Å². The first kappa shape index (κ1) is 20.9. The summed E-state index contributed by atoms with van der Waals surface area (Å²) in [6.45, 7) is 4.11. The number of carbonyl (C=O) groups excluding carboxylic acids is 1. The number of aliphatic hydroxyl groups excluding tert-OH is 1. The molecule has 0 bridgehead atoms. The second kappa shape index (κ2) is 8.30. The molecule has 1 atom stereocenters. The quantitative estimate of drug-likeness (QED) is 0.662. The molecule has 0 aliphatic heterocycles. The second-order valence-corrected chi connectivity index (χ2v) is 8.17. The summed E-state index contributed by atoms with van der Waals surface area (Å²) in [5, 5.41) is 9.86. The van der Waals surface area contributed by atoms with Crippen molar-refractivity contribution in [2.24, 2.45) is 0 Å². The van der Waals surface area contributed by atoms with Crippen LogP contribution in [0, 0.1) is 0 Å². The number of carbonyl (C=O) groups is 1. The number of nitrogens with zero attached hydrogens (tertiary/aromatic N) is 1. The van der Waals surface area contributed by atoms with Crippen LogP contribution in [0.3, 0.4) is 0 Å². The van der Waals surface area contributed by atoms with Crippen LogP contribution in [0.15, 0.2) is 67.0 Å². The average Bonchev–Trinajstić information content (AvgIpc) is 2.95. The monoisotopic (exact) mass is 387 g/mol. The van der Waals surface area contributed by atoms with Crippen molar-refractivity contribution in [1.29, 1.82) is 0 Å². The van der Waals surface area contributed by atoms with Gasteiger partial charge in [0.15, 0.2) is 0 Å². The molecule has 1 N–H and O–H groups in total. The lowest BCUT2D eigenvalue weighted by molar-refractivity contribution is -0.121. The molecule has 0 saturated carbocycles. The molecule has 3 heteroatoms. The van der Waals surface area contributed by atoms with Gasteiger partial charge in [0.1, 0.15) is 5.78 Å². The minimum Gasteiger partial charge on any atom is -0.396 e. The lowest BCUT2D eigenvalue weighted by atomic mass is 9.84. The first-order chi connectivity index (χ1) is 13.5. The predicted molar refractivity (Wildman–Crippen MR) is 118 cm³/mol. The smallest absolute Gasteiger partial charge is 0.147 e. The van der Waals surface area contributed by atoms with Crippen LogP contribution in [0.5, 0.6) is 0 Å². The Labute approximate surface area is 173 Å². The summed E-state index contributed by atoms with van der Waals surface area (Å²) < 4.78 is 0. The Hall–Kier alpha value is -2.78. The fourth-order valence-corrected chi connectivity index (χ4v) is 4.09. The van der Waals surface area contributed by atoms with Crippen molar-refractivity contribution >= 4 is 5.78 Å². The highest BCUT2D eigenvalue weighted by Crippen LogP contribution is 2.38. The first-order valence-electron chi connectivity index (χ1n) is 9.76. The zero-order chi connectivity index (χ0) is 19.7. The number of ketones is 1. The maximum Gasteiger partial charge on any atom is 0.147 e. The van der Waals surface area contributed by atoms with E-state index >= 15 is 0 Å². The SMILES string of the molecule is C.CC1(C)C(=O)Cc2ccc(-c3cncc(C[C@@H](CO)c4ccccc4)c3)cc21. The van der Waals surface area contributed by atoms with E-state index in [1.54, 1.807) is 0 Å². The van der Waals surface area contributed by atoms with E-state index < -0.39 is 5.41 Å². The van der Waals surface area contributed by atoms with E-state index in [1.807, 2.05) is 44.4 Å². The molecule has 150 valence electrons. The highest BCUT2D eigenvalue weighted by molar-refractivity contribution is 5.96. The molecule has 0 saturated heterocycles. The molecule has 3 nitrogen and oxygen atoms in total. The molecule has 0 fully saturated rings. The van der Waals surface area contributed by atoms with Crippen molar-refractivity contribution in [3.8, 4) is 11.1 Å². The van der Waals surface area contributed by atoms with Gasteiger partial charge >= 0.3 is 0 Å². The molecule has 0 radical (unpaired) electrons. The minimum atomic E-state index is -0.425. The molecule has 1 aliphatic rings. The Morgan fingerprint density at radius 2 is 1.79 bits per heavy atom. The molecule has 1 aliphatic carbocycles. The number of hydrogen-bond donors (Lipinski definition) is 1. The summed E-state index contributed by atoms with van der Waals surface area (Å²) in [5.41, 5.74) is 6.18. The summed E-state index contributed by atoms with van der Waals surface area (Å²) in [5.74, 6) is 0.329. The van der Waals surface area contributed by atoms with Crippen molar-refractivity contribution in [3.05, 3.63) is 89.2 Å². The number of rotatable bonds is 5. The van der Waals surface area contributed by atoms with Crippen molar-refractivity contribution in [2.45, 2.75) is 45.4 Å². The molecule has 0 unspecified atom stereocenters. The van der Waals surface area contributed by atoms with E-state index in [9.17, 15) is 9.90 Å². The summed E-state index contributed by atoms with van der Waals surface area (Å²) >= 11 is 0. The lowest BCUT2D eigenvalue weighted by Gasteiger charge is -2.18. The summed E-state index contributed by atoms with van der Waals surface area (Å²) in [6, 6.07) is 18.5. The molecule has 2 aromatic carbocycles. The van der Waals surface area contributed by atoms with Crippen molar-refractivity contribution in [2.75, 3.05) is 6.61 Å². The predicted octanol–water partition coefficient (Wildman–Crippen LogP) is 5.11. The standard InChI is InChI=1S/C25H25NO2.CH4/c1-25(2)23-12-19(8-9-20(23)13-24(25)28)21-10-17(14-26-15-21)11-22(16-27)18-6-4-3-5-7-18;/h3-10,12,14-15,22,27H,11,13,16H2,1-2H3;1H4/t22-;/m0./s1. The van der Waals surface area contributed by atoms with E-state index in [0.717, 1.165) is 39.8 Å². The van der Waals surface area contributed by atoms with Crippen LogP contribution in [0.2, 0.25) is 0 Å². The van der Waals surface area contributed by atoms with Crippen molar-refractivity contribution < 1.29 is 9.90 Å². The number of Topliss-reactive ketones (excluding diaryl/α,β-unsaturated/α-hetero) is 1. The van der Waals surface area contributed by atoms with Gasteiger partial charge in [-0.15, -0.1) is 0 Å². The zero-order valence-corrected chi connectivity index (χ0v) is 16.4. The molecular weight excluding hydrogens is 358 g/mol. The highest BCUT2D eigenvalue weighted by Gasteiger charge is 2.37. The maximum absolute atomic E-state index is 12.3. The summed E-state index contributed by atoms with van der Waals surface area (Å²) in [6.07, 6.45) is 4.99. The number of hydrogen-bond acceptors (Lipinski definition) is 3. The summed E-state index contributed by atoms with van der Waals surface area (Å²) in [4.78, 5) is 16.7. The van der Waals surface area contributed by atoms with Gasteiger partial charge in [-0.1, -0.05) is 49.9 Å². The number of benzene rings is 2. The third-order valence-electron chi connectivity index (χ3n) is 5.93. The fourth-order valence-electron chi connectivity index (χ4n) is 4.09. The van der Waals surface area contributed by atoms with E-state index in [4.69, 9.17) is 0 Å². The van der Waals surface area contributed by atoms with Crippen LogP contribution in [-0.4, -0.2) is 22.5 Å². The Balaban J connectivity index is 0.00000240. The maximum atomic E-state index is 12.3. The van der Waals surface area contributed by atoms with Gasteiger partial charge in [-0.05, 0) is 60.2 Å². The molecule has 0 amide bonds. The van der Waals surface area contributed by atoms with Crippen LogP contribution in [0.1, 0.15) is 49.4 Å². The van der Waals surface area contributed by atoms with E-state index in [1.165, 1.54) is 0 Å². The Bertz CT molecular complexity index is 1010. The van der Waals surface area contributed by atoms with Gasteiger partial charge in [-0.2, -0.15) is 0 Å². The van der Waals surface area contributed by atoms with Crippen LogP contribution in [-0.2, 0) is 23.1 Å². The Morgan fingerprint density at radius 1 is 1.03 bits per heavy atom. The topological polar surface area (TPSA) is 50.2 Å². The van der Waals surface area contributed by atoms with Gasteiger partial charge in [-0.25, -0.2) is 0 Å². The third kappa shape index (κ3) is 4.01.